The number of rotatable bonds is 11. The Labute approximate surface area is 125 Å². The van der Waals surface area contributed by atoms with E-state index < -0.39 is 0 Å². The van der Waals surface area contributed by atoms with E-state index in [9.17, 15) is 0 Å². The summed E-state index contributed by atoms with van der Waals surface area (Å²) in [5, 5.41) is 0. The Balaban J connectivity index is 2.54. The summed E-state index contributed by atoms with van der Waals surface area (Å²) in [5.41, 5.74) is 1.39. The van der Waals surface area contributed by atoms with Gasteiger partial charge in [0.15, 0.2) is 0 Å². The van der Waals surface area contributed by atoms with Crippen LogP contribution in [0.25, 0.3) is 0 Å². The zero-order valence-corrected chi connectivity index (χ0v) is 13.5. The minimum Gasteiger partial charge on any atom is -0.481 e. The number of nitrogens with zero attached hydrogens (tertiary/aromatic N) is 1. The van der Waals surface area contributed by atoms with Crippen molar-refractivity contribution in [1.82, 2.24) is 4.98 Å². The molecule has 2 nitrogen and oxygen atoms in total. The van der Waals surface area contributed by atoms with Crippen molar-refractivity contribution >= 4 is 0 Å². The molecule has 0 aliphatic heterocycles. The highest BCUT2D eigenvalue weighted by Gasteiger charge is 2.11. The zero-order valence-electron chi connectivity index (χ0n) is 13.5. The second kappa shape index (κ2) is 10.7. The molecule has 1 rings (SSSR count). The summed E-state index contributed by atoms with van der Waals surface area (Å²) in [5.74, 6) is 1.39. The summed E-state index contributed by atoms with van der Waals surface area (Å²) in [6, 6.07) is 4.19. The lowest BCUT2D eigenvalue weighted by molar-refractivity contribution is 0.397. The zero-order chi connectivity index (χ0) is 14.6. The van der Waals surface area contributed by atoms with Gasteiger partial charge >= 0.3 is 0 Å². The molecule has 1 atom stereocenters. The van der Waals surface area contributed by atoms with Crippen molar-refractivity contribution in [3.63, 3.8) is 0 Å². The number of ether oxygens (including phenoxy) is 1. The smallest absolute Gasteiger partial charge is 0.212 e. The van der Waals surface area contributed by atoms with Gasteiger partial charge in [-0.25, -0.2) is 4.98 Å². The molecular weight excluding hydrogens is 246 g/mol. The molecule has 0 aliphatic rings. The Hall–Kier alpha value is -1.05. The van der Waals surface area contributed by atoms with Crippen LogP contribution in [-0.2, 0) is 0 Å². The number of pyridine rings is 1. The Morgan fingerprint density at radius 1 is 0.950 bits per heavy atom. The first-order chi connectivity index (χ1) is 9.81. The van der Waals surface area contributed by atoms with E-state index in [4.69, 9.17) is 4.74 Å². The lowest BCUT2D eigenvalue weighted by Crippen LogP contribution is -2.01. The van der Waals surface area contributed by atoms with Crippen molar-refractivity contribution in [3.8, 4) is 5.88 Å². The molecule has 0 N–H and O–H groups in total. The topological polar surface area (TPSA) is 22.1 Å². The molecule has 1 aromatic heterocycles. The predicted molar refractivity (Wildman–Crippen MR) is 86.4 cm³/mol. The van der Waals surface area contributed by atoms with Gasteiger partial charge in [0.25, 0.3) is 0 Å². The van der Waals surface area contributed by atoms with Crippen molar-refractivity contribution in [1.29, 1.82) is 0 Å². The first kappa shape index (κ1) is 17.0. The van der Waals surface area contributed by atoms with Gasteiger partial charge in [0, 0.05) is 12.3 Å². The quantitative estimate of drug-likeness (QED) is 0.482. The first-order valence-corrected chi connectivity index (χ1v) is 8.31. The van der Waals surface area contributed by atoms with E-state index >= 15 is 0 Å². The van der Waals surface area contributed by atoms with E-state index in [0.717, 1.165) is 0 Å². The van der Waals surface area contributed by atoms with Crippen LogP contribution in [0.15, 0.2) is 18.3 Å². The molecule has 0 spiro atoms. The highest BCUT2D eigenvalue weighted by Crippen LogP contribution is 2.28. The van der Waals surface area contributed by atoms with Crippen LogP contribution >= 0.6 is 0 Å². The van der Waals surface area contributed by atoms with Crippen LogP contribution in [-0.4, -0.2) is 12.1 Å². The van der Waals surface area contributed by atoms with Gasteiger partial charge < -0.3 is 4.74 Å². The highest BCUT2D eigenvalue weighted by atomic mass is 16.5. The van der Waals surface area contributed by atoms with E-state index in [2.05, 4.69) is 24.9 Å². The Kier molecular flexibility index (Phi) is 9.10. The number of methoxy groups -OCH3 is 1. The molecule has 1 aromatic rings. The fourth-order valence-electron chi connectivity index (χ4n) is 2.69. The molecule has 0 amide bonds. The summed E-state index contributed by atoms with van der Waals surface area (Å²) in [7, 11) is 1.67. The van der Waals surface area contributed by atoms with Crippen molar-refractivity contribution in [3.05, 3.63) is 23.9 Å². The highest BCUT2D eigenvalue weighted by molar-refractivity contribution is 5.21. The minimum absolute atomic E-state index is 0.678. The summed E-state index contributed by atoms with van der Waals surface area (Å²) in [4.78, 5) is 4.37. The minimum atomic E-state index is 0.678. The molecule has 0 radical (unpaired) electrons. The van der Waals surface area contributed by atoms with Crippen LogP contribution in [0, 0.1) is 0 Å². The lowest BCUT2D eigenvalue weighted by atomic mass is 9.89. The van der Waals surface area contributed by atoms with Crippen LogP contribution in [0.3, 0.4) is 0 Å². The number of hydrogen-bond acceptors (Lipinski definition) is 2. The second-order valence-electron chi connectivity index (χ2n) is 5.68. The predicted octanol–water partition coefficient (Wildman–Crippen LogP) is 5.72. The van der Waals surface area contributed by atoms with Crippen LogP contribution in [0.5, 0.6) is 5.88 Å². The molecule has 0 saturated heterocycles. The molecule has 0 saturated carbocycles. The molecule has 1 unspecified atom stereocenters. The average Bonchev–Trinajstić information content (AvgIpc) is 2.50. The third-order valence-electron chi connectivity index (χ3n) is 4.00. The largest absolute Gasteiger partial charge is 0.481 e. The van der Waals surface area contributed by atoms with Gasteiger partial charge in [-0.15, -0.1) is 0 Å². The fraction of sp³-hybridized carbons (Fsp3) is 0.722. The molecule has 0 aromatic carbocycles. The third-order valence-corrected chi connectivity index (χ3v) is 4.00. The summed E-state index contributed by atoms with van der Waals surface area (Å²) < 4.78 is 5.15. The summed E-state index contributed by atoms with van der Waals surface area (Å²) in [6.45, 7) is 4.54. The second-order valence-corrected chi connectivity index (χ2v) is 5.68. The number of hydrogen-bond donors (Lipinski definition) is 0. The molecule has 1 heterocycles. The Bertz CT molecular complexity index is 334. The maximum Gasteiger partial charge on any atom is 0.212 e. The molecular formula is C18H31NO. The van der Waals surface area contributed by atoms with Gasteiger partial charge in [-0.3, -0.25) is 0 Å². The van der Waals surface area contributed by atoms with Gasteiger partial charge in [-0.05, 0) is 24.3 Å². The van der Waals surface area contributed by atoms with E-state index in [1.165, 1.54) is 63.4 Å². The molecule has 20 heavy (non-hydrogen) atoms. The molecule has 114 valence electrons. The van der Waals surface area contributed by atoms with E-state index in [-0.39, 0.29) is 0 Å². The Morgan fingerprint density at radius 3 is 2.15 bits per heavy atom. The molecule has 0 bridgehead atoms. The SMILES string of the molecule is CCCCCCC(CCCCC)c1ccc(OC)nc1. The summed E-state index contributed by atoms with van der Waals surface area (Å²) >= 11 is 0. The van der Waals surface area contributed by atoms with E-state index in [1.807, 2.05) is 12.3 Å². The van der Waals surface area contributed by atoms with Gasteiger partial charge in [0.05, 0.1) is 7.11 Å². The van der Waals surface area contributed by atoms with Crippen molar-refractivity contribution in [2.24, 2.45) is 0 Å². The van der Waals surface area contributed by atoms with Crippen molar-refractivity contribution in [2.75, 3.05) is 7.11 Å². The monoisotopic (exact) mass is 277 g/mol. The van der Waals surface area contributed by atoms with Crippen molar-refractivity contribution < 1.29 is 4.74 Å². The maximum atomic E-state index is 5.15. The average molecular weight is 277 g/mol. The van der Waals surface area contributed by atoms with Gasteiger partial charge in [-0.1, -0.05) is 64.9 Å². The Morgan fingerprint density at radius 2 is 1.60 bits per heavy atom. The first-order valence-electron chi connectivity index (χ1n) is 8.31. The number of unbranched alkanes of at least 4 members (excludes halogenated alkanes) is 5. The van der Waals surface area contributed by atoms with Crippen LogP contribution in [0.1, 0.15) is 83.1 Å². The van der Waals surface area contributed by atoms with Crippen LogP contribution in [0.2, 0.25) is 0 Å². The molecule has 2 heteroatoms. The van der Waals surface area contributed by atoms with E-state index in [0.29, 0.717) is 11.8 Å². The number of aromatic nitrogens is 1. The molecule has 0 fully saturated rings. The van der Waals surface area contributed by atoms with Crippen molar-refractivity contribution in [2.45, 2.75) is 77.6 Å². The summed E-state index contributed by atoms with van der Waals surface area (Å²) in [6.07, 6.45) is 14.0. The van der Waals surface area contributed by atoms with Gasteiger partial charge in [-0.2, -0.15) is 0 Å². The van der Waals surface area contributed by atoms with Gasteiger partial charge in [0.2, 0.25) is 5.88 Å². The fourth-order valence-corrected chi connectivity index (χ4v) is 2.69. The van der Waals surface area contributed by atoms with Crippen LogP contribution in [0.4, 0.5) is 0 Å². The molecule has 0 aliphatic carbocycles. The normalized spacial score (nSPS) is 12.3. The lowest BCUT2D eigenvalue weighted by Gasteiger charge is -2.17. The van der Waals surface area contributed by atoms with E-state index in [1.54, 1.807) is 7.11 Å². The third kappa shape index (κ3) is 6.40. The maximum absolute atomic E-state index is 5.15. The van der Waals surface area contributed by atoms with Gasteiger partial charge in [0.1, 0.15) is 0 Å². The standard InChI is InChI=1S/C18H31NO/c1-4-6-8-10-12-16(11-9-7-5-2)17-13-14-18(20-3)19-15-17/h13-16H,4-12H2,1-3H3. The van der Waals surface area contributed by atoms with Crippen LogP contribution < -0.4 is 4.74 Å².